The molecule has 1 N–H and O–H groups in total. The minimum absolute atomic E-state index is 0.965. The number of H-pyrrole nitrogens is 1. The fourth-order valence-corrected chi connectivity index (χ4v) is 1.01. The van der Waals surface area contributed by atoms with Crippen LogP contribution in [-0.4, -0.2) is 10.2 Å². The molecule has 1 rings (SSSR count). The lowest BCUT2D eigenvalue weighted by molar-refractivity contribution is 1.08. The van der Waals surface area contributed by atoms with Gasteiger partial charge in [0.15, 0.2) is 0 Å². The summed E-state index contributed by atoms with van der Waals surface area (Å²) in [4.78, 5) is 0. The summed E-state index contributed by atoms with van der Waals surface area (Å²) in [5.41, 5.74) is 2.04. The molecule has 0 aromatic carbocycles. The minimum Gasteiger partial charge on any atom is -0.278 e. The molecule has 0 aliphatic carbocycles. The third-order valence-electron chi connectivity index (χ3n) is 1.29. The molecular formula is C12H23N2P. The second-order valence-electron chi connectivity index (χ2n) is 2.33. The fourth-order valence-electron chi connectivity index (χ4n) is 0.829. The molecule has 0 saturated heterocycles. The lowest BCUT2D eigenvalue weighted by Crippen LogP contribution is -1.74. The molecule has 15 heavy (non-hydrogen) atoms. The number of hydrogen-bond acceptors (Lipinski definition) is 1. The molecule has 3 heteroatoms. The van der Waals surface area contributed by atoms with Crippen molar-refractivity contribution in [2.24, 2.45) is 0 Å². The summed E-state index contributed by atoms with van der Waals surface area (Å²) in [7, 11) is 2.63. The van der Waals surface area contributed by atoms with Gasteiger partial charge >= 0.3 is 0 Å². The summed E-state index contributed by atoms with van der Waals surface area (Å²) < 4.78 is 0. The molecule has 86 valence electrons. The van der Waals surface area contributed by atoms with E-state index in [-0.39, 0.29) is 0 Å². The molecule has 1 heterocycles. The zero-order valence-electron chi connectivity index (χ0n) is 10.5. The van der Waals surface area contributed by atoms with E-state index in [1.54, 1.807) is 12.3 Å². The Hall–Kier alpha value is -0.880. The summed E-state index contributed by atoms with van der Waals surface area (Å²) in [6.07, 6.45) is 5.57. The number of hydrogen-bond donors (Lipinski definition) is 1. The maximum Gasteiger partial charge on any atom is 0.0644 e. The third-order valence-corrected chi connectivity index (χ3v) is 1.45. The molecule has 0 amide bonds. The Balaban J connectivity index is 0. The zero-order chi connectivity index (χ0) is 12.3. The maximum atomic E-state index is 3.90. The summed E-state index contributed by atoms with van der Waals surface area (Å²) in [5, 5.41) is 7.91. The maximum absolute atomic E-state index is 3.90. The molecule has 2 nitrogen and oxygen atoms in total. The van der Waals surface area contributed by atoms with E-state index >= 15 is 0 Å². The van der Waals surface area contributed by atoms with E-state index in [1.807, 2.05) is 40.7 Å². The van der Waals surface area contributed by atoms with Crippen molar-refractivity contribution in [2.75, 3.05) is 0 Å². The Morgan fingerprint density at radius 2 is 1.93 bits per heavy atom. The predicted molar refractivity (Wildman–Crippen MR) is 74.7 cm³/mol. The van der Waals surface area contributed by atoms with Crippen molar-refractivity contribution in [3.63, 3.8) is 0 Å². The Labute approximate surface area is 96.1 Å². The van der Waals surface area contributed by atoms with E-state index in [0.717, 1.165) is 11.3 Å². The number of aromatic amines is 1. The van der Waals surface area contributed by atoms with Crippen LogP contribution in [0.4, 0.5) is 0 Å². The Bertz CT molecular complexity index is 284. The molecule has 0 radical (unpaired) electrons. The molecule has 1 atom stereocenters. The van der Waals surface area contributed by atoms with E-state index in [9.17, 15) is 0 Å². The van der Waals surface area contributed by atoms with Crippen LogP contribution in [0.2, 0.25) is 0 Å². The third kappa shape index (κ3) is 7.10. The van der Waals surface area contributed by atoms with Crippen LogP contribution in [0.5, 0.6) is 0 Å². The Morgan fingerprint density at radius 1 is 1.40 bits per heavy atom. The molecule has 1 aromatic rings. The van der Waals surface area contributed by atoms with Crippen molar-refractivity contribution in [3.8, 4) is 0 Å². The van der Waals surface area contributed by atoms with Crippen molar-refractivity contribution in [2.45, 2.75) is 34.6 Å². The van der Waals surface area contributed by atoms with E-state index in [2.05, 4.69) is 26.0 Å². The van der Waals surface area contributed by atoms with Crippen LogP contribution in [-0.2, 0) is 0 Å². The Morgan fingerprint density at radius 3 is 2.33 bits per heavy atom. The average molecular weight is 226 g/mol. The molecule has 0 fully saturated rings. The first-order valence-corrected chi connectivity index (χ1v) is 5.91. The molecule has 0 aliphatic heterocycles. The number of rotatable bonds is 2. The smallest absolute Gasteiger partial charge is 0.0644 e. The second-order valence-corrected chi connectivity index (χ2v) is 3.24. The molecule has 0 aliphatic rings. The van der Waals surface area contributed by atoms with Gasteiger partial charge in [-0.1, -0.05) is 39.6 Å². The summed E-state index contributed by atoms with van der Waals surface area (Å²) >= 11 is 0. The van der Waals surface area contributed by atoms with Crippen molar-refractivity contribution < 1.29 is 0 Å². The molecular weight excluding hydrogens is 203 g/mol. The van der Waals surface area contributed by atoms with Crippen LogP contribution in [0, 0.1) is 0 Å². The number of allylic oxidation sites excluding steroid dienone is 1. The van der Waals surface area contributed by atoms with Gasteiger partial charge in [0.25, 0.3) is 0 Å². The van der Waals surface area contributed by atoms with Crippen LogP contribution < -0.4 is 0 Å². The number of aromatic nitrogens is 2. The zero-order valence-corrected chi connectivity index (χ0v) is 11.6. The van der Waals surface area contributed by atoms with Gasteiger partial charge in [0, 0.05) is 5.56 Å². The van der Waals surface area contributed by atoms with E-state index in [1.165, 1.54) is 5.31 Å². The highest BCUT2D eigenvalue weighted by atomic mass is 31.0. The van der Waals surface area contributed by atoms with Crippen LogP contribution >= 0.6 is 9.24 Å². The topological polar surface area (TPSA) is 28.7 Å². The minimum atomic E-state index is 0.965. The van der Waals surface area contributed by atoms with Crippen molar-refractivity contribution in [3.05, 3.63) is 29.3 Å². The lowest BCUT2D eigenvalue weighted by atomic mass is 10.2. The van der Waals surface area contributed by atoms with E-state index in [0.29, 0.717) is 0 Å². The average Bonchev–Trinajstić information content (AvgIpc) is 2.70. The first kappa shape index (κ1) is 16.5. The van der Waals surface area contributed by atoms with Gasteiger partial charge < -0.3 is 0 Å². The highest BCUT2D eigenvalue weighted by molar-refractivity contribution is 7.22. The SMILES string of the molecule is C=Cc1[nH]ncc1/C=C(\C)P.CC.CC. The summed E-state index contributed by atoms with van der Waals surface area (Å²) in [6.45, 7) is 13.7. The molecule has 1 unspecified atom stereocenters. The number of nitrogens with zero attached hydrogens (tertiary/aromatic N) is 1. The van der Waals surface area contributed by atoms with Gasteiger partial charge in [-0.25, -0.2) is 0 Å². The molecule has 0 saturated carbocycles. The normalized spacial score (nSPS) is 9.33. The van der Waals surface area contributed by atoms with Crippen molar-refractivity contribution >= 4 is 21.4 Å². The quantitative estimate of drug-likeness (QED) is 0.746. The predicted octanol–water partition coefficient (Wildman–Crippen LogP) is 4.34. The Kier molecular flexibility index (Phi) is 12.4. The van der Waals surface area contributed by atoms with Gasteiger partial charge in [0.05, 0.1) is 11.9 Å². The van der Waals surface area contributed by atoms with E-state index in [4.69, 9.17) is 0 Å². The highest BCUT2D eigenvalue weighted by Crippen LogP contribution is 2.14. The summed E-state index contributed by atoms with van der Waals surface area (Å²) in [6, 6.07) is 0. The van der Waals surface area contributed by atoms with Gasteiger partial charge in [-0.05, 0) is 19.1 Å². The molecule has 0 spiro atoms. The van der Waals surface area contributed by atoms with Gasteiger partial charge in [0.2, 0.25) is 0 Å². The van der Waals surface area contributed by atoms with Crippen molar-refractivity contribution in [1.82, 2.24) is 10.2 Å². The van der Waals surface area contributed by atoms with E-state index < -0.39 is 0 Å². The second kappa shape index (κ2) is 11.2. The first-order chi connectivity index (χ1) is 7.24. The van der Waals surface area contributed by atoms with Gasteiger partial charge in [-0.15, -0.1) is 9.24 Å². The highest BCUT2D eigenvalue weighted by Gasteiger charge is 1.95. The van der Waals surface area contributed by atoms with Crippen molar-refractivity contribution in [1.29, 1.82) is 0 Å². The van der Waals surface area contributed by atoms with Gasteiger partial charge in [-0.2, -0.15) is 5.10 Å². The summed E-state index contributed by atoms with van der Waals surface area (Å²) in [5.74, 6) is 0. The lowest BCUT2D eigenvalue weighted by Gasteiger charge is -1.90. The standard InChI is InChI=1S/C8H11N2P.2C2H6/c1-3-8-7(4-6(2)11)5-9-10-8;2*1-2/h3-5H,1,11H2,2H3,(H,9,10);2*1-2H3/b6-4+;;. The molecule has 0 bridgehead atoms. The van der Waals surface area contributed by atoms with Gasteiger partial charge in [0.1, 0.15) is 0 Å². The fraction of sp³-hybridized carbons (Fsp3) is 0.417. The first-order valence-electron chi connectivity index (χ1n) is 5.33. The van der Waals surface area contributed by atoms with Crippen LogP contribution in [0.25, 0.3) is 12.2 Å². The van der Waals surface area contributed by atoms with Crippen LogP contribution in [0.15, 0.2) is 18.1 Å². The number of nitrogens with one attached hydrogen (secondary N) is 1. The van der Waals surface area contributed by atoms with Crippen LogP contribution in [0.3, 0.4) is 0 Å². The monoisotopic (exact) mass is 226 g/mol. The largest absolute Gasteiger partial charge is 0.278 e. The van der Waals surface area contributed by atoms with Gasteiger partial charge in [-0.3, -0.25) is 5.10 Å². The molecule has 1 aromatic heterocycles. The van der Waals surface area contributed by atoms with Crippen LogP contribution in [0.1, 0.15) is 45.9 Å².